The molecule has 2 aliphatic rings. The van der Waals surface area contributed by atoms with Crippen LogP contribution in [0.1, 0.15) is 55.3 Å². The van der Waals surface area contributed by atoms with Gasteiger partial charge in [0.1, 0.15) is 30.9 Å². The Morgan fingerprint density at radius 1 is 0.756 bits per heavy atom. The van der Waals surface area contributed by atoms with Crippen LogP contribution in [0.25, 0.3) is 0 Å². The number of carbonyl (C=O) groups is 2. The number of carbonyl (C=O) groups excluding carboxylic acids is 2. The average molecular weight is 587 g/mol. The van der Waals surface area contributed by atoms with Crippen molar-refractivity contribution in [1.82, 2.24) is 0 Å². The van der Waals surface area contributed by atoms with Crippen LogP contribution < -0.4 is 0 Å². The third-order valence-electron chi connectivity index (χ3n) is 8.39. The number of aliphatic hydroxyl groups is 1. The first-order chi connectivity index (χ1) is 19.7. The van der Waals surface area contributed by atoms with Crippen LogP contribution in [0.5, 0.6) is 0 Å². The molecule has 0 saturated carbocycles. The minimum Gasteiger partial charge on any atom is -0.459 e. The second-order valence-corrected chi connectivity index (χ2v) is 12.4. The van der Waals surface area contributed by atoms with Crippen molar-refractivity contribution in [1.29, 1.82) is 0 Å². The van der Waals surface area contributed by atoms with E-state index in [1.807, 2.05) is 26.0 Å². The molecule has 4 rings (SSSR count). The first-order valence-corrected chi connectivity index (χ1v) is 15.5. The molecule has 4 unspecified atom stereocenters. The van der Waals surface area contributed by atoms with Gasteiger partial charge >= 0.3 is 11.9 Å². The lowest BCUT2D eigenvalue weighted by Crippen LogP contribution is -2.57. The molecule has 0 aromatic heterocycles. The van der Waals surface area contributed by atoms with Gasteiger partial charge in [-0.2, -0.15) is 0 Å². The number of hydrogen-bond donors (Lipinski definition) is 1. The van der Waals surface area contributed by atoms with Gasteiger partial charge in [-0.05, 0) is 53.7 Å². The van der Waals surface area contributed by atoms with Crippen LogP contribution in [0.4, 0.5) is 0 Å². The van der Waals surface area contributed by atoms with Crippen molar-refractivity contribution in [3.8, 4) is 0 Å². The number of ether oxygens (including phenoxy) is 5. The number of benzene rings is 2. The zero-order chi connectivity index (χ0) is 29.5. The molecule has 2 aromatic carbocycles. The molecule has 2 fully saturated rings. The van der Waals surface area contributed by atoms with Crippen molar-refractivity contribution in [2.75, 3.05) is 19.0 Å². The predicted octanol–water partition coefficient (Wildman–Crippen LogP) is 5.19. The van der Waals surface area contributed by atoms with Gasteiger partial charge in [0.05, 0.1) is 23.3 Å². The van der Waals surface area contributed by atoms with Crippen LogP contribution in [0.15, 0.2) is 60.7 Å². The van der Waals surface area contributed by atoms with Crippen LogP contribution in [0, 0.1) is 23.7 Å². The third-order valence-corrected chi connectivity index (χ3v) is 9.60. The van der Waals surface area contributed by atoms with Gasteiger partial charge in [0.15, 0.2) is 6.29 Å². The molecule has 8 nitrogen and oxygen atoms in total. The van der Waals surface area contributed by atoms with E-state index in [9.17, 15) is 14.7 Å². The molecule has 2 aromatic rings. The highest BCUT2D eigenvalue weighted by atomic mass is 32.2. The fourth-order valence-electron chi connectivity index (χ4n) is 5.32. The van der Waals surface area contributed by atoms with Crippen LogP contribution >= 0.6 is 11.8 Å². The molecular formula is C32H42O8S. The lowest BCUT2D eigenvalue weighted by Gasteiger charge is -2.48. The van der Waals surface area contributed by atoms with Crippen molar-refractivity contribution >= 4 is 23.7 Å². The summed E-state index contributed by atoms with van der Waals surface area (Å²) < 4.78 is 30.5. The fraction of sp³-hybridized carbons (Fsp3) is 0.562. The minimum absolute atomic E-state index is 0.00309. The summed E-state index contributed by atoms with van der Waals surface area (Å²) in [7, 11) is 0. The Kier molecular flexibility index (Phi) is 11.3. The van der Waals surface area contributed by atoms with Crippen LogP contribution in [-0.4, -0.2) is 72.2 Å². The topological polar surface area (TPSA) is 101 Å². The highest BCUT2D eigenvalue weighted by molar-refractivity contribution is 7.99. The molecule has 41 heavy (non-hydrogen) atoms. The Hall–Kier alpha value is -2.43. The summed E-state index contributed by atoms with van der Waals surface area (Å²) in [5.74, 6) is -0.0769. The molecule has 1 N–H and O–H groups in total. The van der Waals surface area contributed by atoms with Gasteiger partial charge in [0.2, 0.25) is 0 Å². The van der Waals surface area contributed by atoms with Gasteiger partial charge in [-0.25, -0.2) is 9.59 Å². The van der Waals surface area contributed by atoms with E-state index >= 15 is 0 Å². The predicted molar refractivity (Wildman–Crippen MR) is 156 cm³/mol. The summed E-state index contributed by atoms with van der Waals surface area (Å²) >= 11 is 1.71. The summed E-state index contributed by atoms with van der Waals surface area (Å²) in [6.07, 6.45) is -3.40. The summed E-state index contributed by atoms with van der Waals surface area (Å²) in [4.78, 5) is 25.3. The highest BCUT2D eigenvalue weighted by Gasteiger charge is 2.48. The Morgan fingerprint density at radius 2 is 1.29 bits per heavy atom. The SMILES string of the molecule is CCS[C@@H]1OC(COC(=O)c2ccccc2)[C@@H](O[C@H]2OC(COC(=O)c3ccccc3)[C@@H](C)[C@H](C)C2O)[C@H](C)C1C. The van der Waals surface area contributed by atoms with E-state index < -0.39 is 42.6 Å². The molecule has 0 spiro atoms. The van der Waals surface area contributed by atoms with Gasteiger partial charge in [-0.3, -0.25) is 0 Å². The van der Waals surface area contributed by atoms with Crippen molar-refractivity contribution in [3.63, 3.8) is 0 Å². The molecule has 0 radical (unpaired) electrons. The Bertz CT molecular complexity index is 1120. The Morgan fingerprint density at radius 3 is 1.83 bits per heavy atom. The molecule has 0 bridgehead atoms. The fourth-order valence-corrected chi connectivity index (χ4v) is 6.42. The second-order valence-electron chi connectivity index (χ2n) is 11.0. The largest absolute Gasteiger partial charge is 0.459 e. The standard InChI is InChI=1S/C32H42O8S/c1-6-41-32-22(5)21(4)28(26(39-32)18-37-30(35)24-15-11-8-12-16-24)40-31-27(33)20(3)19(2)25(38-31)17-36-29(34)23-13-9-7-10-14-23/h7-16,19-22,25-28,31-33H,6,17-18H2,1-5H3/t19-,20-,21+,22?,25?,26?,27?,28-,31+,32-/m0/s1. The maximum absolute atomic E-state index is 12.7. The number of rotatable bonds is 10. The third kappa shape index (κ3) is 7.70. The molecule has 224 valence electrons. The van der Waals surface area contributed by atoms with E-state index in [0.717, 1.165) is 5.75 Å². The van der Waals surface area contributed by atoms with E-state index in [0.29, 0.717) is 11.1 Å². The van der Waals surface area contributed by atoms with Crippen molar-refractivity contribution in [2.45, 2.75) is 70.8 Å². The smallest absolute Gasteiger partial charge is 0.338 e. The second kappa shape index (κ2) is 14.6. The minimum atomic E-state index is -0.965. The Balaban J connectivity index is 1.46. The first kappa shape index (κ1) is 31.5. The highest BCUT2D eigenvalue weighted by Crippen LogP contribution is 2.40. The van der Waals surface area contributed by atoms with E-state index in [-0.39, 0.29) is 42.3 Å². The van der Waals surface area contributed by atoms with E-state index in [1.165, 1.54) is 0 Å². The van der Waals surface area contributed by atoms with E-state index in [2.05, 4.69) is 20.8 Å². The van der Waals surface area contributed by atoms with E-state index in [4.69, 9.17) is 23.7 Å². The monoisotopic (exact) mass is 586 g/mol. The summed E-state index contributed by atoms with van der Waals surface area (Å²) in [5, 5.41) is 11.2. The maximum atomic E-state index is 12.7. The van der Waals surface area contributed by atoms with Crippen LogP contribution in [0.2, 0.25) is 0 Å². The summed E-state index contributed by atoms with van der Waals surface area (Å²) in [5.41, 5.74) is 0.839. The molecule has 9 heteroatoms. The van der Waals surface area contributed by atoms with Crippen molar-refractivity contribution < 1.29 is 38.4 Å². The van der Waals surface area contributed by atoms with Crippen molar-refractivity contribution in [3.05, 3.63) is 71.8 Å². The summed E-state index contributed by atoms with van der Waals surface area (Å²) in [6.45, 7) is 10.2. The lowest BCUT2D eigenvalue weighted by atomic mass is 9.83. The normalized spacial score (nSPS) is 33.6. The summed E-state index contributed by atoms with van der Waals surface area (Å²) in [6, 6.07) is 17.6. The first-order valence-electron chi connectivity index (χ1n) is 14.4. The quantitative estimate of drug-likeness (QED) is 0.377. The van der Waals surface area contributed by atoms with Gasteiger partial charge in [0.25, 0.3) is 0 Å². The van der Waals surface area contributed by atoms with Gasteiger partial charge < -0.3 is 28.8 Å². The van der Waals surface area contributed by atoms with Gasteiger partial charge in [-0.1, -0.05) is 71.0 Å². The molecule has 2 heterocycles. The number of thioether (sulfide) groups is 1. The zero-order valence-corrected chi connectivity index (χ0v) is 25.2. The molecule has 0 aliphatic carbocycles. The molecule has 0 amide bonds. The van der Waals surface area contributed by atoms with Crippen molar-refractivity contribution in [2.24, 2.45) is 23.7 Å². The van der Waals surface area contributed by atoms with E-state index in [1.54, 1.807) is 60.3 Å². The van der Waals surface area contributed by atoms with Crippen LogP contribution in [0.3, 0.4) is 0 Å². The number of aliphatic hydroxyl groups excluding tert-OH is 1. The lowest BCUT2D eigenvalue weighted by molar-refractivity contribution is -0.314. The Labute approximate surface area is 247 Å². The number of esters is 2. The molecule has 2 saturated heterocycles. The van der Waals surface area contributed by atoms with Gasteiger partial charge in [-0.15, -0.1) is 11.8 Å². The average Bonchev–Trinajstić information content (AvgIpc) is 3.00. The van der Waals surface area contributed by atoms with Crippen LogP contribution in [-0.2, 0) is 23.7 Å². The molecular weight excluding hydrogens is 544 g/mol. The molecule has 2 aliphatic heterocycles. The maximum Gasteiger partial charge on any atom is 0.338 e. The zero-order valence-electron chi connectivity index (χ0n) is 24.4. The van der Waals surface area contributed by atoms with Gasteiger partial charge in [0, 0.05) is 0 Å². The number of hydrogen-bond acceptors (Lipinski definition) is 9. The molecule has 10 atom stereocenters.